The number of nitrogens with zero attached hydrogens (tertiary/aromatic N) is 3. The third-order valence-electron chi connectivity index (χ3n) is 9.72. The van der Waals surface area contributed by atoms with Gasteiger partial charge < -0.3 is 34.8 Å². The predicted octanol–water partition coefficient (Wildman–Crippen LogP) is 3.57. The molecule has 2 atom stereocenters. The van der Waals surface area contributed by atoms with E-state index in [9.17, 15) is 14.4 Å². The Hall–Kier alpha value is -2.69. The molecule has 0 unspecified atom stereocenters. The van der Waals surface area contributed by atoms with Gasteiger partial charge in [0.15, 0.2) is 5.60 Å². The van der Waals surface area contributed by atoms with Gasteiger partial charge in [-0.05, 0) is 90.0 Å². The van der Waals surface area contributed by atoms with Crippen molar-refractivity contribution in [1.82, 2.24) is 15.5 Å². The molecule has 3 amide bonds. The van der Waals surface area contributed by atoms with E-state index in [1.807, 2.05) is 23.1 Å². The number of hydrogen-bond acceptors (Lipinski definition) is 7. The lowest BCUT2D eigenvalue weighted by atomic mass is 9.79. The van der Waals surface area contributed by atoms with E-state index in [2.05, 4.69) is 36.4 Å². The van der Waals surface area contributed by atoms with Crippen molar-refractivity contribution in [2.45, 2.75) is 89.8 Å². The summed E-state index contributed by atoms with van der Waals surface area (Å²) in [5.41, 5.74) is 0.311. The summed E-state index contributed by atoms with van der Waals surface area (Å²) in [6.45, 7) is 12.2. The van der Waals surface area contributed by atoms with E-state index in [1.54, 1.807) is 25.9 Å². The monoisotopic (exact) mass is 611 g/mol. The van der Waals surface area contributed by atoms with Crippen LogP contribution in [0.25, 0.3) is 0 Å². The third kappa shape index (κ3) is 7.23. The van der Waals surface area contributed by atoms with Gasteiger partial charge in [-0.3, -0.25) is 14.4 Å². The number of amides is 3. The fourth-order valence-corrected chi connectivity index (χ4v) is 7.24. The molecule has 3 fully saturated rings. The molecule has 1 saturated carbocycles. The van der Waals surface area contributed by atoms with Crippen LogP contribution in [-0.4, -0.2) is 93.3 Å². The number of anilines is 2. The van der Waals surface area contributed by atoms with Crippen molar-refractivity contribution in [3.8, 4) is 5.75 Å². The highest BCUT2D eigenvalue weighted by atomic mass is 16.5. The molecule has 5 rings (SSSR count). The van der Waals surface area contributed by atoms with Gasteiger partial charge in [-0.25, -0.2) is 0 Å². The van der Waals surface area contributed by atoms with Crippen molar-refractivity contribution >= 4 is 29.1 Å². The fraction of sp³-hybridized carbons (Fsp3) is 0.735. The Morgan fingerprint density at radius 1 is 1.16 bits per heavy atom. The average molecular weight is 612 g/mol. The number of benzene rings is 1. The van der Waals surface area contributed by atoms with E-state index >= 15 is 0 Å². The molecule has 3 aliphatic heterocycles. The summed E-state index contributed by atoms with van der Waals surface area (Å²) in [6.07, 6.45) is 5.99. The van der Waals surface area contributed by atoms with Crippen molar-refractivity contribution in [1.29, 1.82) is 0 Å². The van der Waals surface area contributed by atoms with E-state index in [4.69, 9.17) is 9.47 Å². The Kier molecular flexibility index (Phi) is 9.92. The molecule has 0 aromatic heterocycles. The minimum Gasteiger partial charge on any atom is -0.476 e. The minimum absolute atomic E-state index is 0.0444. The van der Waals surface area contributed by atoms with Gasteiger partial charge in [0.2, 0.25) is 11.8 Å². The van der Waals surface area contributed by atoms with Crippen LogP contribution in [0.5, 0.6) is 5.75 Å². The zero-order valence-corrected chi connectivity index (χ0v) is 27.6. The van der Waals surface area contributed by atoms with E-state index in [0.717, 1.165) is 50.9 Å². The molecule has 44 heavy (non-hydrogen) atoms. The third-order valence-corrected chi connectivity index (χ3v) is 9.72. The molecular formula is C34H53N5O5. The minimum atomic E-state index is -0.974. The average Bonchev–Trinajstić information content (AvgIpc) is 3.82. The summed E-state index contributed by atoms with van der Waals surface area (Å²) in [6, 6.07) is 5.88. The van der Waals surface area contributed by atoms with Crippen LogP contribution in [0.4, 0.5) is 11.4 Å². The molecule has 3 heterocycles. The Morgan fingerprint density at radius 3 is 2.52 bits per heavy atom. The second kappa shape index (κ2) is 13.3. The number of rotatable bonds is 11. The molecule has 0 spiro atoms. The van der Waals surface area contributed by atoms with Crippen LogP contribution < -0.4 is 25.2 Å². The molecule has 0 bridgehead atoms. The summed E-state index contributed by atoms with van der Waals surface area (Å²) in [7, 11) is 3.80. The first-order valence-corrected chi connectivity index (χ1v) is 16.6. The zero-order valence-electron chi connectivity index (χ0n) is 27.6. The first-order valence-electron chi connectivity index (χ1n) is 16.6. The maximum atomic E-state index is 14.2. The number of piperidine rings is 2. The Labute approximate surface area is 263 Å². The normalized spacial score (nSPS) is 24.9. The number of fused-ring (bicyclic) bond motifs is 1. The molecule has 1 aromatic rings. The largest absolute Gasteiger partial charge is 0.476 e. The molecule has 10 nitrogen and oxygen atoms in total. The number of nitrogens with one attached hydrogen (secondary N) is 2. The van der Waals surface area contributed by atoms with Crippen molar-refractivity contribution in [3.63, 3.8) is 0 Å². The van der Waals surface area contributed by atoms with Crippen LogP contribution in [0, 0.1) is 17.8 Å². The van der Waals surface area contributed by atoms with E-state index in [0.29, 0.717) is 56.4 Å². The van der Waals surface area contributed by atoms with Crippen LogP contribution in [-0.2, 0) is 19.1 Å². The van der Waals surface area contributed by atoms with Crippen LogP contribution >= 0.6 is 0 Å². The first kappa shape index (κ1) is 32.7. The van der Waals surface area contributed by atoms with Gasteiger partial charge in [0.1, 0.15) is 5.75 Å². The number of likely N-dealkylation sites (tertiary alicyclic amines) is 1. The van der Waals surface area contributed by atoms with Crippen molar-refractivity contribution in [2.75, 3.05) is 63.3 Å². The SMILES string of the molecule is COCCCN1C(=O)C(C)(C)Oc2ccc(N(C(=O)[C@H]3CNC[C@@H](C(=O)NC4(CC(C)C)CCN(C)CC4)C3)C3CC3)cc21. The van der Waals surface area contributed by atoms with Crippen molar-refractivity contribution in [3.05, 3.63) is 18.2 Å². The highest BCUT2D eigenvalue weighted by Gasteiger charge is 2.44. The molecule has 0 radical (unpaired) electrons. The van der Waals surface area contributed by atoms with E-state index in [1.165, 1.54) is 0 Å². The highest BCUT2D eigenvalue weighted by molar-refractivity contribution is 6.04. The molecular weight excluding hydrogens is 558 g/mol. The molecule has 1 aromatic carbocycles. The van der Waals surface area contributed by atoms with Gasteiger partial charge in [-0.1, -0.05) is 13.8 Å². The molecule has 2 N–H and O–H groups in total. The van der Waals surface area contributed by atoms with E-state index in [-0.39, 0.29) is 41.1 Å². The first-order chi connectivity index (χ1) is 20.9. The molecule has 4 aliphatic rings. The summed E-state index contributed by atoms with van der Waals surface area (Å²) in [5.74, 6) is 0.579. The molecule has 244 valence electrons. The van der Waals surface area contributed by atoms with E-state index < -0.39 is 5.60 Å². The fourth-order valence-electron chi connectivity index (χ4n) is 7.24. The number of carbonyl (C=O) groups is 3. The number of methoxy groups -OCH3 is 1. The quantitative estimate of drug-likeness (QED) is 0.369. The van der Waals surface area contributed by atoms with Crippen molar-refractivity contribution < 1.29 is 23.9 Å². The van der Waals surface area contributed by atoms with Crippen molar-refractivity contribution in [2.24, 2.45) is 17.8 Å². The maximum absolute atomic E-state index is 14.2. The van der Waals surface area contributed by atoms with Crippen LogP contribution in [0.15, 0.2) is 18.2 Å². The highest BCUT2D eigenvalue weighted by Crippen LogP contribution is 2.43. The summed E-state index contributed by atoms with van der Waals surface area (Å²) in [5, 5.41) is 6.90. The predicted molar refractivity (Wildman–Crippen MR) is 172 cm³/mol. The summed E-state index contributed by atoms with van der Waals surface area (Å²) in [4.78, 5) is 47.4. The summed E-state index contributed by atoms with van der Waals surface area (Å²) >= 11 is 0. The number of ether oxygens (including phenoxy) is 2. The van der Waals surface area contributed by atoms with Crippen LogP contribution in [0.3, 0.4) is 0 Å². The van der Waals surface area contributed by atoms with Gasteiger partial charge in [0.05, 0.1) is 17.5 Å². The maximum Gasteiger partial charge on any atom is 0.270 e. The standard InChI is InChI=1S/C34H53N5O5/c1-23(2)20-34(12-15-37(5)16-13-34)36-30(40)24-18-25(22-35-21-24)31(41)39(26-8-9-26)27-10-11-29-28(19-27)38(14-7-17-43-6)32(42)33(3,4)44-29/h10-11,19,23-26,35H,7-9,12-18,20-22H2,1-6H3,(H,36,40)/t24-,25+/m0/s1. The van der Waals surface area contributed by atoms with Crippen LogP contribution in [0.1, 0.15) is 72.6 Å². The lowest BCUT2D eigenvalue weighted by Crippen LogP contribution is -2.58. The second-order valence-electron chi connectivity index (χ2n) is 14.5. The van der Waals surface area contributed by atoms with Gasteiger partial charge in [0.25, 0.3) is 5.91 Å². The lowest BCUT2D eigenvalue weighted by Gasteiger charge is -2.44. The lowest BCUT2D eigenvalue weighted by molar-refractivity contribution is -0.133. The number of hydrogen-bond donors (Lipinski definition) is 2. The summed E-state index contributed by atoms with van der Waals surface area (Å²) < 4.78 is 11.4. The molecule has 1 aliphatic carbocycles. The molecule has 2 saturated heterocycles. The topological polar surface area (TPSA) is 103 Å². The van der Waals surface area contributed by atoms with Gasteiger partial charge >= 0.3 is 0 Å². The van der Waals surface area contributed by atoms with Crippen LogP contribution in [0.2, 0.25) is 0 Å². The van der Waals surface area contributed by atoms with Gasteiger partial charge in [-0.15, -0.1) is 0 Å². The van der Waals surface area contributed by atoms with Gasteiger partial charge in [0, 0.05) is 63.7 Å². The molecule has 10 heteroatoms. The smallest absolute Gasteiger partial charge is 0.270 e. The second-order valence-corrected chi connectivity index (χ2v) is 14.5. The Bertz CT molecular complexity index is 1210. The van der Waals surface area contributed by atoms with Gasteiger partial charge in [-0.2, -0.15) is 0 Å². The zero-order chi connectivity index (χ0) is 31.6. The number of carbonyl (C=O) groups excluding carboxylic acids is 3. The Morgan fingerprint density at radius 2 is 1.86 bits per heavy atom. The Balaban J connectivity index is 1.33.